The first-order valence-corrected chi connectivity index (χ1v) is 7.14. The Balaban J connectivity index is 1.95. The zero-order valence-electron chi connectivity index (χ0n) is 12.8. The fourth-order valence-electron chi connectivity index (χ4n) is 2.30. The second kappa shape index (κ2) is 6.33. The van der Waals surface area contributed by atoms with Gasteiger partial charge in [0, 0.05) is 17.8 Å². The largest absolute Gasteiger partial charge is 0.478 e. The number of benzene rings is 1. The molecule has 2 amide bonds. The van der Waals surface area contributed by atoms with Crippen LogP contribution in [0.1, 0.15) is 15.9 Å². The lowest BCUT2D eigenvalue weighted by Gasteiger charge is -2.11. The van der Waals surface area contributed by atoms with E-state index in [0.717, 1.165) is 5.56 Å². The summed E-state index contributed by atoms with van der Waals surface area (Å²) in [6, 6.07) is 7.62. The summed E-state index contributed by atoms with van der Waals surface area (Å²) < 4.78 is 0. The molecule has 1 aromatic carbocycles. The number of anilines is 2. The molecule has 7 heteroatoms. The number of hydrogen-bond donors (Lipinski definition) is 3. The van der Waals surface area contributed by atoms with Crippen LogP contribution >= 0.6 is 0 Å². The van der Waals surface area contributed by atoms with E-state index in [2.05, 4.69) is 20.6 Å². The normalized spacial score (nSPS) is 10.4. The van der Waals surface area contributed by atoms with E-state index < -0.39 is 12.0 Å². The highest BCUT2D eigenvalue weighted by Gasteiger charge is 2.13. The van der Waals surface area contributed by atoms with Gasteiger partial charge in [0.25, 0.3) is 0 Å². The van der Waals surface area contributed by atoms with Gasteiger partial charge in [-0.05, 0) is 42.8 Å². The highest BCUT2D eigenvalue weighted by Crippen LogP contribution is 2.25. The molecule has 0 aliphatic carbocycles. The molecule has 0 aliphatic heterocycles. The molecule has 0 radical (unpaired) electrons. The molecule has 3 rings (SSSR count). The zero-order chi connectivity index (χ0) is 17.1. The number of urea groups is 1. The molecule has 0 unspecified atom stereocenters. The molecule has 0 spiro atoms. The van der Waals surface area contributed by atoms with Gasteiger partial charge in [-0.1, -0.05) is 0 Å². The quantitative estimate of drug-likeness (QED) is 0.686. The molecule has 0 bridgehead atoms. The van der Waals surface area contributed by atoms with Crippen LogP contribution in [0.25, 0.3) is 10.9 Å². The number of hydrogen-bond acceptors (Lipinski definition) is 4. The van der Waals surface area contributed by atoms with E-state index in [0.29, 0.717) is 22.3 Å². The Morgan fingerprint density at radius 2 is 1.96 bits per heavy atom. The van der Waals surface area contributed by atoms with Crippen molar-refractivity contribution in [2.75, 3.05) is 10.6 Å². The number of aromatic nitrogens is 2. The Bertz CT molecular complexity index is 926. The molecule has 0 aliphatic rings. The van der Waals surface area contributed by atoms with Crippen LogP contribution in [0, 0.1) is 6.92 Å². The third-order valence-electron chi connectivity index (χ3n) is 3.33. The Labute approximate surface area is 137 Å². The van der Waals surface area contributed by atoms with Gasteiger partial charge in [0.05, 0.1) is 28.7 Å². The maximum Gasteiger partial charge on any atom is 0.335 e. The predicted octanol–water partition coefficient (Wildman–Crippen LogP) is 3.28. The van der Waals surface area contributed by atoms with Crippen LogP contribution in [0.3, 0.4) is 0 Å². The Kier molecular flexibility index (Phi) is 4.07. The molecule has 2 heterocycles. The third-order valence-corrected chi connectivity index (χ3v) is 3.33. The van der Waals surface area contributed by atoms with E-state index in [1.54, 1.807) is 24.5 Å². The van der Waals surface area contributed by atoms with Gasteiger partial charge < -0.3 is 15.7 Å². The summed E-state index contributed by atoms with van der Waals surface area (Å²) >= 11 is 0. The Morgan fingerprint density at radius 3 is 2.67 bits per heavy atom. The lowest BCUT2D eigenvalue weighted by molar-refractivity contribution is 0.0697. The van der Waals surface area contributed by atoms with Crippen LogP contribution in [0.2, 0.25) is 0 Å². The average Bonchev–Trinajstić information content (AvgIpc) is 2.55. The monoisotopic (exact) mass is 322 g/mol. The second-order valence-corrected chi connectivity index (χ2v) is 5.23. The fraction of sp³-hybridized carbons (Fsp3) is 0.0588. The predicted molar refractivity (Wildman–Crippen MR) is 90.3 cm³/mol. The Morgan fingerprint density at radius 1 is 1.12 bits per heavy atom. The Hall–Kier alpha value is -3.48. The van der Waals surface area contributed by atoms with Gasteiger partial charge in [0.15, 0.2) is 0 Å². The standard InChI is InChI=1S/C17H14N4O3/c1-10-5-11-6-12(16(22)23)7-14(15(11)19-8-10)21-17(24)20-13-3-2-4-18-9-13/h2-9H,1H3,(H,22,23)(H2,20,21,24). The number of carbonyl (C=O) groups is 2. The van der Waals surface area contributed by atoms with Crippen LogP contribution in [-0.2, 0) is 0 Å². The number of pyridine rings is 2. The van der Waals surface area contributed by atoms with Crippen molar-refractivity contribution in [1.82, 2.24) is 9.97 Å². The summed E-state index contributed by atoms with van der Waals surface area (Å²) in [7, 11) is 0. The molecule has 0 saturated carbocycles. The van der Waals surface area contributed by atoms with Crippen LogP contribution in [0.15, 0.2) is 48.9 Å². The summed E-state index contributed by atoms with van der Waals surface area (Å²) in [4.78, 5) is 31.7. The topological polar surface area (TPSA) is 104 Å². The number of aromatic carboxylic acids is 1. The van der Waals surface area contributed by atoms with Crippen LogP contribution in [-0.4, -0.2) is 27.1 Å². The average molecular weight is 322 g/mol. The first-order chi connectivity index (χ1) is 11.5. The van der Waals surface area contributed by atoms with Crippen molar-refractivity contribution in [3.8, 4) is 0 Å². The number of carboxylic acids is 1. The van der Waals surface area contributed by atoms with Crippen molar-refractivity contribution in [3.63, 3.8) is 0 Å². The number of fused-ring (bicyclic) bond motifs is 1. The molecule has 7 nitrogen and oxygen atoms in total. The number of rotatable bonds is 3. The van der Waals surface area contributed by atoms with Crippen molar-refractivity contribution in [3.05, 3.63) is 60.0 Å². The SMILES string of the molecule is Cc1cnc2c(NC(=O)Nc3cccnc3)cc(C(=O)O)cc2c1. The van der Waals surface area contributed by atoms with Crippen molar-refractivity contribution >= 4 is 34.3 Å². The van der Waals surface area contributed by atoms with Crippen molar-refractivity contribution in [1.29, 1.82) is 0 Å². The van der Waals surface area contributed by atoms with Crippen LogP contribution in [0.4, 0.5) is 16.2 Å². The molecule has 3 N–H and O–H groups in total. The number of carbonyl (C=O) groups excluding carboxylic acids is 1. The molecular formula is C17H14N4O3. The number of amides is 2. The van der Waals surface area contributed by atoms with Gasteiger partial charge in [0.2, 0.25) is 0 Å². The molecule has 0 saturated heterocycles. The summed E-state index contributed by atoms with van der Waals surface area (Å²) in [5, 5.41) is 15.2. The van der Waals surface area contributed by atoms with Crippen LogP contribution < -0.4 is 10.6 Å². The molecule has 24 heavy (non-hydrogen) atoms. The maximum absolute atomic E-state index is 12.1. The van der Waals surface area contributed by atoms with Gasteiger partial charge in [-0.2, -0.15) is 0 Å². The summed E-state index contributed by atoms with van der Waals surface area (Å²) in [5.74, 6) is -1.07. The molecular weight excluding hydrogens is 308 g/mol. The van der Waals surface area contributed by atoms with E-state index >= 15 is 0 Å². The minimum absolute atomic E-state index is 0.0755. The van der Waals surface area contributed by atoms with E-state index in [1.807, 2.05) is 13.0 Å². The van der Waals surface area contributed by atoms with Crippen LogP contribution in [0.5, 0.6) is 0 Å². The zero-order valence-corrected chi connectivity index (χ0v) is 12.8. The van der Waals surface area contributed by atoms with E-state index in [1.165, 1.54) is 18.3 Å². The lowest BCUT2D eigenvalue weighted by atomic mass is 10.1. The summed E-state index contributed by atoms with van der Waals surface area (Å²) in [5.41, 5.74) is 2.35. The molecule has 0 fully saturated rings. The molecule has 0 atom stereocenters. The minimum atomic E-state index is -1.07. The first kappa shape index (κ1) is 15.4. The summed E-state index contributed by atoms with van der Waals surface area (Å²) in [6.45, 7) is 1.86. The number of carboxylic acid groups (broad SMARTS) is 1. The van der Waals surface area contributed by atoms with Gasteiger partial charge >= 0.3 is 12.0 Å². The molecule has 2 aromatic heterocycles. The van der Waals surface area contributed by atoms with Gasteiger partial charge in [-0.3, -0.25) is 9.97 Å². The third kappa shape index (κ3) is 3.30. The van der Waals surface area contributed by atoms with Crippen molar-refractivity contribution in [2.24, 2.45) is 0 Å². The molecule has 3 aromatic rings. The molecule has 120 valence electrons. The van der Waals surface area contributed by atoms with Gasteiger partial charge in [-0.15, -0.1) is 0 Å². The summed E-state index contributed by atoms with van der Waals surface area (Å²) in [6.07, 6.45) is 4.76. The highest BCUT2D eigenvalue weighted by molar-refractivity contribution is 6.07. The van der Waals surface area contributed by atoms with Crippen molar-refractivity contribution < 1.29 is 14.7 Å². The highest BCUT2D eigenvalue weighted by atomic mass is 16.4. The van der Waals surface area contributed by atoms with E-state index in [-0.39, 0.29) is 5.56 Å². The van der Waals surface area contributed by atoms with Crippen molar-refractivity contribution in [2.45, 2.75) is 6.92 Å². The number of nitrogens with one attached hydrogen (secondary N) is 2. The van der Waals surface area contributed by atoms with E-state index in [4.69, 9.17) is 0 Å². The maximum atomic E-state index is 12.1. The van der Waals surface area contributed by atoms with E-state index in [9.17, 15) is 14.7 Å². The first-order valence-electron chi connectivity index (χ1n) is 7.14. The van der Waals surface area contributed by atoms with Gasteiger partial charge in [-0.25, -0.2) is 9.59 Å². The van der Waals surface area contributed by atoms with Gasteiger partial charge in [0.1, 0.15) is 0 Å². The lowest BCUT2D eigenvalue weighted by Crippen LogP contribution is -2.20. The second-order valence-electron chi connectivity index (χ2n) is 5.23. The minimum Gasteiger partial charge on any atom is -0.478 e. The smallest absolute Gasteiger partial charge is 0.335 e. The fourth-order valence-corrected chi connectivity index (χ4v) is 2.30. The number of nitrogens with zero attached hydrogens (tertiary/aromatic N) is 2. The number of aryl methyl sites for hydroxylation is 1.